The largest absolute Gasteiger partial charge is 0.349 e. The second kappa shape index (κ2) is 11.1. The Morgan fingerprint density at radius 1 is 1.14 bits per heavy atom. The summed E-state index contributed by atoms with van der Waals surface area (Å²) < 4.78 is 1.97. The van der Waals surface area contributed by atoms with E-state index >= 15 is 0 Å². The van der Waals surface area contributed by atoms with Crippen molar-refractivity contribution in [3.63, 3.8) is 0 Å². The van der Waals surface area contributed by atoms with Crippen LogP contribution in [0.5, 0.6) is 0 Å². The molecule has 0 aliphatic rings. The molecular formula is C20H25IN6S. The van der Waals surface area contributed by atoms with E-state index in [1.165, 1.54) is 10.5 Å². The Bertz CT molecular complexity index is 879. The van der Waals surface area contributed by atoms with Crippen molar-refractivity contribution < 1.29 is 0 Å². The summed E-state index contributed by atoms with van der Waals surface area (Å²) in [7, 11) is 3.82. The smallest absolute Gasteiger partial charge is 0.194 e. The van der Waals surface area contributed by atoms with Crippen molar-refractivity contribution in [2.45, 2.75) is 18.0 Å². The Kier molecular flexibility index (Phi) is 8.78. The third-order valence-corrected chi connectivity index (χ3v) is 4.95. The highest BCUT2D eigenvalue weighted by Crippen LogP contribution is 2.15. The molecule has 0 atom stereocenters. The predicted molar refractivity (Wildman–Crippen MR) is 127 cm³/mol. The van der Waals surface area contributed by atoms with Gasteiger partial charge in [0.1, 0.15) is 6.33 Å². The molecule has 1 heterocycles. The van der Waals surface area contributed by atoms with Crippen molar-refractivity contribution in [2.24, 2.45) is 4.99 Å². The van der Waals surface area contributed by atoms with Crippen molar-refractivity contribution in [1.29, 1.82) is 0 Å². The molecule has 0 unspecified atom stereocenters. The van der Waals surface area contributed by atoms with Crippen molar-refractivity contribution in [1.82, 2.24) is 25.0 Å². The number of hydrogen-bond acceptors (Lipinski definition) is 4. The van der Waals surface area contributed by atoms with E-state index in [4.69, 9.17) is 0 Å². The molecule has 28 heavy (non-hydrogen) atoms. The van der Waals surface area contributed by atoms with Crippen molar-refractivity contribution in [3.05, 3.63) is 72.3 Å². The third kappa shape index (κ3) is 5.71. The lowest BCUT2D eigenvalue weighted by Gasteiger charge is -2.22. The van der Waals surface area contributed by atoms with Gasteiger partial charge in [0, 0.05) is 31.2 Å². The van der Waals surface area contributed by atoms with Crippen LogP contribution in [0.25, 0.3) is 5.69 Å². The standard InChI is InChI=1S/C20H24N6S.HI/c1-21-20(25(2)14-16-9-11-18(27-3)12-10-16)22-13-19-24-23-15-26(19)17-7-5-4-6-8-17;/h4-12,15H,13-14H2,1-3H3,(H,21,22);1H. The number of para-hydroxylation sites is 1. The lowest BCUT2D eigenvalue weighted by atomic mass is 10.2. The van der Waals surface area contributed by atoms with Gasteiger partial charge in [-0.05, 0) is 36.1 Å². The van der Waals surface area contributed by atoms with Gasteiger partial charge >= 0.3 is 0 Å². The van der Waals surface area contributed by atoms with Gasteiger partial charge in [-0.1, -0.05) is 30.3 Å². The zero-order valence-electron chi connectivity index (χ0n) is 16.2. The van der Waals surface area contributed by atoms with E-state index < -0.39 is 0 Å². The fraction of sp³-hybridized carbons (Fsp3) is 0.250. The number of halogens is 1. The Morgan fingerprint density at radius 3 is 2.50 bits per heavy atom. The van der Waals surface area contributed by atoms with E-state index in [9.17, 15) is 0 Å². The normalized spacial score (nSPS) is 11.0. The fourth-order valence-electron chi connectivity index (χ4n) is 2.81. The number of benzene rings is 2. The average Bonchev–Trinajstić information content (AvgIpc) is 3.18. The molecule has 8 heteroatoms. The molecule has 0 aliphatic heterocycles. The van der Waals surface area contributed by atoms with Crippen LogP contribution in [-0.2, 0) is 13.1 Å². The minimum atomic E-state index is 0. The summed E-state index contributed by atoms with van der Waals surface area (Å²) in [5.41, 5.74) is 2.28. The van der Waals surface area contributed by atoms with Gasteiger partial charge < -0.3 is 10.2 Å². The van der Waals surface area contributed by atoms with Crippen LogP contribution in [0.3, 0.4) is 0 Å². The van der Waals surface area contributed by atoms with E-state index in [-0.39, 0.29) is 24.0 Å². The third-order valence-electron chi connectivity index (χ3n) is 4.21. The highest BCUT2D eigenvalue weighted by Gasteiger charge is 2.10. The molecule has 0 amide bonds. The molecule has 148 valence electrons. The summed E-state index contributed by atoms with van der Waals surface area (Å²) in [6, 6.07) is 18.7. The molecule has 0 saturated carbocycles. The molecule has 0 spiro atoms. The molecule has 0 radical (unpaired) electrons. The zero-order chi connectivity index (χ0) is 19.1. The number of guanidine groups is 1. The lowest BCUT2D eigenvalue weighted by Crippen LogP contribution is -2.38. The van der Waals surface area contributed by atoms with Gasteiger partial charge in [0.25, 0.3) is 0 Å². The first-order valence-corrected chi connectivity index (χ1v) is 9.92. The number of aromatic nitrogens is 3. The maximum atomic E-state index is 4.39. The van der Waals surface area contributed by atoms with Crippen molar-refractivity contribution in [3.8, 4) is 5.69 Å². The number of aliphatic imine (C=N–C) groups is 1. The van der Waals surface area contributed by atoms with Crippen LogP contribution in [0, 0.1) is 0 Å². The van der Waals surface area contributed by atoms with Crippen LogP contribution in [0.15, 0.2) is 70.8 Å². The Labute approximate surface area is 187 Å². The Balaban J connectivity index is 0.00000280. The maximum Gasteiger partial charge on any atom is 0.194 e. The Morgan fingerprint density at radius 2 is 1.86 bits per heavy atom. The molecule has 2 aromatic carbocycles. The summed E-state index contributed by atoms with van der Waals surface area (Å²) in [4.78, 5) is 7.75. The first-order valence-electron chi connectivity index (χ1n) is 8.70. The highest BCUT2D eigenvalue weighted by atomic mass is 127. The second-order valence-electron chi connectivity index (χ2n) is 6.06. The van der Waals surface area contributed by atoms with Gasteiger partial charge in [-0.2, -0.15) is 0 Å². The number of nitrogens with zero attached hydrogens (tertiary/aromatic N) is 5. The molecule has 1 aromatic heterocycles. The highest BCUT2D eigenvalue weighted by molar-refractivity contribution is 14.0. The van der Waals surface area contributed by atoms with E-state index in [1.54, 1.807) is 25.1 Å². The van der Waals surface area contributed by atoms with Crippen LogP contribution in [0.4, 0.5) is 0 Å². The summed E-state index contributed by atoms with van der Waals surface area (Å²) in [6.07, 6.45) is 3.81. The number of thioether (sulfide) groups is 1. The first kappa shape index (κ1) is 22.2. The van der Waals surface area contributed by atoms with Crippen LogP contribution >= 0.6 is 35.7 Å². The quantitative estimate of drug-likeness (QED) is 0.238. The number of hydrogen-bond donors (Lipinski definition) is 1. The van der Waals surface area contributed by atoms with E-state index in [1.807, 2.05) is 41.9 Å². The topological polar surface area (TPSA) is 58.3 Å². The molecule has 3 aromatic rings. The summed E-state index contributed by atoms with van der Waals surface area (Å²) in [6.45, 7) is 1.32. The van der Waals surface area contributed by atoms with Gasteiger partial charge in [0.2, 0.25) is 0 Å². The van der Waals surface area contributed by atoms with Crippen LogP contribution in [0.1, 0.15) is 11.4 Å². The molecule has 1 N–H and O–H groups in total. The van der Waals surface area contributed by atoms with Crippen molar-refractivity contribution >= 4 is 41.7 Å². The van der Waals surface area contributed by atoms with Crippen molar-refractivity contribution in [2.75, 3.05) is 20.4 Å². The summed E-state index contributed by atoms with van der Waals surface area (Å²) in [5, 5.41) is 11.7. The molecule has 3 rings (SSSR count). The van der Waals surface area contributed by atoms with Crippen LogP contribution in [-0.4, -0.2) is 46.0 Å². The van der Waals surface area contributed by atoms with Crippen LogP contribution in [0.2, 0.25) is 0 Å². The van der Waals surface area contributed by atoms with E-state index in [0.29, 0.717) is 6.54 Å². The minimum absolute atomic E-state index is 0. The number of nitrogens with one attached hydrogen (secondary N) is 1. The first-order chi connectivity index (χ1) is 13.2. The molecule has 0 saturated heterocycles. The number of rotatable bonds is 6. The maximum absolute atomic E-state index is 4.39. The minimum Gasteiger partial charge on any atom is -0.349 e. The van der Waals surface area contributed by atoms with Gasteiger partial charge in [0.15, 0.2) is 11.8 Å². The molecular weight excluding hydrogens is 483 g/mol. The van der Waals surface area contributed by atoms with E-state index in [0.717, 1.165) is 24.0 Å². The molecule has 0 aliphatic carbocycles. The van der Waals surface area contributed by atoms with Crippen LogP contribution < -0.4 is 5.32 Å². The monoisotopic (exact) mass is 508 g/mol. The fourth-order valence-corrected chi connectivity index (χ4v) is 3.21. The second-order valence-corrected chi connectivity index (χ2v) is 6.94. The summed E-state index contributed by atoms with van der Waals surface area (Å²) in [5.74, 6) is 1.65. The van der Waals surface area contributed by atoms with Gasteiger partial charge in [0.05, 0.1) is 6.54 Å². The lowest BCUT2D eigenvalue weighted by molar-refractivity contribution is 0.475. The van der Waals surface area contributed by atoms with Gasteiger partial charge in [-0.3, -0.25) is 9.56 Å². The zero-order valence-corrected chi connectivity index (χ0v) is 19.4. The predicted octanol–water partition coefficient (Wildman–Crippen LogP) is 3.81. The van der Waals surface area contributed by atoms with Gasteiger partial charge in [-0.25, -0.2) is 0 Å². The average molecular weight is 508 g/mol. The summed E-state index contributed by atoms with van der Waals surface area (Å²) >= 11 is 1.75. The van der Waals surface area contributed by atoms with E-state index in [2.05, 4.69) is 55.9 Å². The van der Waals surface area contributed by atoms with Gasteiger partial charge in [-0.15, -0.1) is 45.9 Å². The SMILES string of the molecule is CN=C(NCc1nncn1-c1ccccc1)N(C)Cc1ccc(SC)cc1.I. The molecule has 6 nitrogen and oxygen atoms in total. The Hall–Kier alpha value is -2.07. The molecule has 0 fully saturated rings. The molecule has 0 bridgehead atoms.